The molecule has 27 heavy (non-hydrogen) atoms. The molecule has 0 aliphatic rings. The molecule has 2 aromatic carbocycles. The van der Waals surface area contributed by atoms with Crippen molar-refractivity contribution in [1.29, 1.82) is 0 Å². The first kappa shape index (κ1) is 18.2. The van der Waals surface area contributed by atoms with E-state index in [1.165, 1.54) is 23.5 Å². The van der Waals surface area contributed by atoms with Gasteiger partial charge in [0.25, 0.3) is 0 Å². The fraction of sp³-hybridized carbons (Fsp3) is 0. The quantitative estimate of drug-likeness (QED) is 0.278. The van der Waals surface area contributed by atoms with E-state index >= 15 is 0 Å². The van der Waals surface area contributed by atoms with Gasteiger partial charge in [-0.15, -0.1) is 11.3 Å². The van der Waals surface area contributed by atoms with Crippen molar-refractivity contribution in [2.24, 2.45) is 0 Å². The highest BCUT2D eigenvalue weighted by molar-refractivity contribution is 7.24. The van der Waals surface area contributed by atoms with E-state index in [2.05, 4.69) is 22.6 Å². The van der Waals surface area contributed by atoms with Gasteiger partial charge in [0.2, 0.25) is 0 Å². The van der Waals surface area contributed by atoms with Gasteiger partial charge in [-0.1, -0.05) is 13.2 Å². The number of fused-ring (bicyclic) bond motifs is 2. The second-order valence-electron chi connectivity index (χ2n) is 5.02. The lowest BCUT2D eigenvalue weighted by Gasteiger charge is -2.06. The summed E-state index contributed by atoms with van der Waals surface area (Å²) in [5.74, 6) is 0.428. The molecule has 0 fully saturated rings. The Morgan fingerprint density at radius 2 is 1.26 bits per heavy atom. The van der Waals surface area contributed by atoms with Gasteiger partial charge in [0.05, 0.1) is 12.5 Å². The molecule has 1 aromatic heterocycles. The van der Waals surface area contributed by atoms with Crippen LogP contribution in [0.4, 0.5) is 9.59 Å². The van der Waals surface area contributed by atoms with Crippen LogP contribution in [0.2, 0.25) is 0 Å². The van der Waals surface area contributed by atoms with E-state index in [9.17, 15) is 14.4 Å². The van der Waals surface area contributed by atoms with Gasteiger partial charge in [0.15, 0.2) is 5.43 Å². The third kappa shape index (κ3) is 3.96. The molecule has 3 rings (SSSR count). The van der Waals surface area contributed by atoms with Crippen LogP contribution in [0.5, 0.6) is 11.5 Å². The molecule has 0 atom stereocenters. The Labute approximate surface area is 156 Å². The molecule has 3 aromatic rings. The number of hydrogen-bond donors (Lipinski definition) is 0. The fourth-order valence-electron chi connectivity index (χ4n) is 2.32. The van der Waals surface area contributed by atoms with Gasteiger partial charge in [-0.05, 0) is 36.4 Å². The lowest BCUT2D eigenvalue weighted by molar-refractivity contribution is 0.135. The minimum absolute atomic E-state index is 0.195. The Hall–Kier alpha value is -3.65. The number of ether oxygens (including phenoxy) is 4. The van der Waals surface area contributed by atoms with Crippen molar-refractivity contribution in [3.8, 4) is 11.5 Å². The van der Waals surface area contributed by atoms with Crippen LogP contribution in [0.3, 0.4) is 0 Å². The van der Waals surface area contributed by atoms with E-state index in [-0.39, 0.29) is 16.9 Å². The largest absolute Gasteiger partial charge is 0.518 e. The van der Waals surface area contributed by atoms with Crippen molar-refractivity contribution in [3.05, 3.63) is 72.3 Å². The molecule has 136 valence electrons. The first-order valence-electron chi connectivity index (χ1n) is 7.51. The van der Waals surface area contributed by atoms with Gasteiger partial charge >= 0.3 is 12.3 Å². The molecule has 0 radical (unpaired) electrons. The third-order valence-corrected chi connectivity index (χ3v) is 4.49. The topological polar surface area (TPSA) is 88.1 Å². The number of carbonyl (C=O) groups excluding carboxylic acids is 2. The Kier molecular flexibility index (Phi) is 5.18. The minimum atomic E-state index is -0.936. The summed E-state index contributed by atoms with van der Waals surface area (Å²) in [5, 5.41) is 0.938. The number of carbonyl (C=O) groups is 2. The van der Waals surface area contributed by atoms with Crippen molar-refractivity contribution in [2.45, 2.75) is 0 Å². The maximum absolute atomic E-state index is 12.7. The van der Waals surface area contributed by atoms with Gasteiger partial charge in [-0.2, -0.15) is 0 Å². The lowest BCUT2D eigenvalue weighted by Crippen LogP contribution is -2.08. The van der Waals surface area contributed by atoms with Crippen molar-refractivity contribution in [3.63, 3.8) is 0 Å². The average Bonchev–Trinajstić information content (AvgIpc) is 2.62. The molecule has 0 N–H and O–H groups in total. The normalized spacial score (nSPS) is 10.2. The van der Waals surface area contributed by atoms with Gasteiger partial charge in [-0.25, -0.2) is 9.59 Å². The Bertz CT molecular complexity index is 1050. The summed E-state index contributed by atoms with van der Waals surface area (Å²) < 4.78 is 20.2. The van der Waals surface area contributed by atoms with E-state index in [1.54, 1.807) is 24.3 Å². The van der Waals surface area contributed by atoms with Crippen LogP contribution in [-0.2, 0) is 9.47 Å². The van der Waals surface area contributed by atoms with Crippen molar-refractivity contribution in [1.82, 2.24) is 0 Å². The summed E-state index contributed by atoms with van der Waals surface area (Å²) in [7, 11) is 0. The maximum Gasteiger partial charge on any atom is 0.518 e. The molecule has 0 unspecified atom stereocenters. The first-order chi connectivity index (χ1) is 13.0. The number of rotatable bonds is 4. The van der Waals surface area contributed by atoms with Crippen molar-refractivity contribution >= 4 is 43.8 Å². The van der Waals surface area contributed by atoms with Gasteiger partial charge in [-0.3, -0.25) is 4.79 Å². The molecule has 0 saturated carbocycles. The minimum Gasteiger partial charge on any atom is -0.403 e. The Morgan fingerprint density at radius 3 is 1.67 bits per heavy atom. The molecular weight excluding hydrogens is 372 g/mol. The molecule has 0 aliphatic heterocycles. The van der Waals surface area contributed by atoms with Crippen molar-refractivity contribution < 1.29 is 28.5 Å². The number of benzene rings is 2. The summed E-state index contributed by atoms with van der Waals surface area (Å²) in [4.78, 5) is 35.4. The molecular formula is C19H12O7S. The maximum atomic E-state index is 12.7. The predicted molar refractivity (Wildman–Crippen MR) is 100 cm³/mol. The van der Waals surface area contributed by atoms with Crippen LogP contribution in [0.25, 0.3) is 20.2 Å². The summed E-state index contributed by atoms with van der Waals surface area (Å²) in [6.45, 7) is 6.53. The third-order valence-electron chi connectivity index (χ3n) is 3.38. The molecule has 1 heterocycles. The lowest BCUT2D eigenvalue weighted by atomic mass is 10.2. The highest BCUT2D eigenvalue weighted by atomic mass is 32.1. The Morgan fingerprint density at radius 1 is 0.815 bits per heavy atom. The van der Waals surface area contributed by atoms with Crippen molar-refractivity contribution in [2.75, 3.05) is 0 Å². The average molecular weight is 384 g/mol. The zero-order valence-corrected chi connectivity index (χ0v) is 14.6. The van der Waals surface area contributed by atoms with Crippen LogP contribution in [0.1, 0.15) is 0 Å². The molecule has 0 aliphatic carbocycles. The monoisotopic (exact) mass is 384 g/mol. The smallest absolute Gasteiger partial charge is 0.403 e. The fourth-order valence-corrected chi connectivity index (χ4v) is 3.45. The second-order valence-corrected chi connectivity index (χ2v) is 6.10. The van der Waals surface area contributed by atoms with E-state index in [1.807, 2.05) is 0 Å². The zero-order chi connectivity index (χ0) is 19.4. The second kappa shape index (κ2) is 7.71. The van der Waals surface area contributed by atoms with E-state index < -0.39 is 12.3 Å². The molecule has 0 amide bonds. The zero-order valence-electron chi connectivity index (χ0n) is 13.8. The molecule has 0 bridgehead atoms. The number of hydrogen-bond acceptors (Lipinski definition) is 8. The van der Waals surface area contributed by atoms with Gasteiger partial charge < -0.3 is 18.9 Å². The van der Waals surface area contributed by atoms with E-state index in [0.717, 1.165) is 12.5 Å². The highest BCUT2D eigenvalue weighted by Gasteiger charge is 2.12. The summed E-state index contributed by atoms with van der Waals surface area (Å²) >= 11 is 1.27. The van der Waals surface area contributed by atoms with E-state index in [4.69, 9.17) is 9.47 Å². The SMILES string of the molecule is C=COC(=O)Oc1ccc2c(=O)c3ccc(OC(=O)OC=C)cc3sc2c1. The van der Waals surface area contributed by atoms with Crippen LogP contribution in [0.15, 0.2) is 66.9 Å². The van der Waals surface area contributed by atoms with Crippen LogP contribution < -0.4 is 14.9 Å². The molecule has 8 heteroatoms. The molecule has 7 nitrogen and oxygen atoms in total. The molecule has 0 saturated heterocycles. The highest BCUT2D eigenvalue weighted by Crippen LogP contribution is 2.30. The van der Waals surface area contributed by atoms with Gasteiger partial charge in [0, 0.05) is 20.2 Å². The van der Waals surface area contributed by atoms with Gasteiger partial charge in [0.1, 0.15) is 11.5 Å². The Balaban J connectivity index is 2.03. The summed E-state index contributed by atoms with van der Waals surface area (Å²) in [5.41, 5.74) is -0.195. The summed E-state index contributed by atoms with van der Waals surface area (Å²) in [6.07, 6.45) is 0.0327. The van der Waals surface area contributed by atoms with Crippen LogP contribution in [-0.4, -0.2) is 12.3 Å². The van der Waals surface area contributed by atoms with Crippen LogP contribution in [0, 0.1) is 0 Å². The first-order valence-corrected chi connectivity index (χ1v) is 8.33. The summed E-state index contributed by atoms with van der Waals surface area (Å²) in [6, 6.07) is 9.21. The standard InChI is InChI=1S/C19H12O7S/c1-3-23-18(21)25-11-5-7-13-15(9-11)27-16-10-12(26-19(22)24-4-2)6-8-14(16)17(13)20/h3-10H,1-2H2. The van der Waals surface area contributed by atoms with Crippen LogP contribution >= 0.6 is 11.3 Å². The van der Waals surface area contributed by atoms with E-state index in [0.29, 0.717) is 20.2 Å². The predicted octanol–water partition coefficient (Wildman–Crippen LogP) is 4.73. The molecule has 0 spiro atoms.